The molecule has 8 bridgehead atoms. The molecular formula is C64H86N8O10. The van der Waals surface area contributed by atoms with Crippen molar-refractivity contribution < 1.29 is 38.6 Å². The summed E-state index contributed by atoms with van der Waals surface area (Å²) < 4.78 is 19.3. The van der Waals surface area contributed by atoms with Gasteiger partial charge in [-0.05, 0) is 172 Å². The summed E-state index contributed by atoms with van der Waals surface area (Å²) in [5.74, 6) is 1.21. The van der Waals surface area contributed by atoms with Crippen LogP contribution in [0.25, 0.3) is 22.1 Å². The Labute approximate surface area is 481 Å². The van der Waals surface area contributed by atoms with Crippen LogP contribution in [0.4, 0.5) is 0 Å². The number of benzene rings is 2. The lowest BCUT2D eigenvalue weighted by molar-refractivity contribution is -0.160. The van der Waals surface area contributed by atoms with Crippen LogP contribution in [0.5, 0.6) is 0 Å². The molecule has 8 fully saturated rings. The van der Waals surface area contributed by atoms with Gasteiger partial charge in [0.25, 0.3) is 11.1 Å². The molecule has 0 amide bonds. The lowest BCUT2D eigenvalue weighted by Gasteiger charge is -2.55. The van der Waals surface area contributed by atoms with Crippen LogP contribution in [0.2, 0.25) is 0 Å². The van der Waals surface area contributed by atoms with Gasteiger partial charge in [-0.3, -0.25) is 19.4 Å². The molecule has 6 heterocycles. The van der Waals surface area contributed by atoms with E-state index in [1.165, 1.54) is 103 Å². The van der Waals surface area contributed by atoms with E-state index in [2.05, 4.69) is 30.1 Å². The predicted octanol–water partition coefficient (Wildman–Crippen LogP) is 10.2. The number of oxime groups is 2. The number of carbonyl (C=O) groups excluding carboxylic acids is 3. The maximum Gasteiger partial charge on any atom is 0.362 e. The quantitative estimate of drug-likeness (QED) is 0.0434. The Hall–Kier alpha value is -6.01. The van der Waals surface area contributed by atoms with Gasteiger partial charge in [-0.25, -0.2) is 24.4 Å². The van der Waals surface area contributed by atoms with Gasteiger partial charge in [0.15, 0.2) is 11.4 Å². The van der Waals surface area contributed by atoms with E-state index in [9.17, 15) is 29.2 Å². The number of piperidine rings is 4. The Kier molecular flexibility index (Phi) is 17.7. The Morgan fingerprint density at radius 3 is 1.33 bits per heavy atom. The SMILES string of the molecule is CCOC(=O)/C(=N\O)c1nc2ccccc2n(C2C[C@H]3CCC[C@@H](C2)N3C2CC3CCCC(C3)C2)c1=O.CCOC(=O)/C(=N\OCC(=O)OC(C)(C)C)c1nc2ccccc2n(C2C[C@H]3CCC[C@@H](C2)N3C2CC3CCCC(C3)C2)c1=O. The number of esters is 3. The van der Waals surface area contributed by atoms with Gasteiger partial charge in [0.1, 0.15) is 5.60 Å². The van der Waals surface area contributed by atoms with E-state index < -0.39 is 41.4 Å². The fourth-order valence-corrected chi connectivity index (χ4v) is 16.9. The molecule has 0 radical (unpaired) electrons. The van der Waals surface area contributed by atoms with Crippen LogP contribution >= 0.6 is 0 Å². The van der Waals surface area contributed by atoms with E-state index in [4.69, 9.17) is 19.0 Å². The van der Waals surface area contributed by atoms with Crippen molar-refractivity contribution in [1.82, 2.24) is 28.9 Å². The highest BCUT2D eigenvalue weighted by Gasteiger charge is 2.48. The zero-order chi connectivity index (χ0) is 57.2. The normalized spacial score (nSPS) is 30.4. The lowest BCUT2D eigenvalue weighted by atomic mass is 9.68. The van der Waals surface area contributed by atoms with Crippen molar-refractivity contribution in [2.24, 2.45) is 34.0 Å². The highest BCUT2D eigenvalue weighted by Crippen LogP contribution is 2.49. The number of rotatable bonds is 13. The molecule has 6 unspecified atom stereocenters. The van der Waals surface area contributed by atoms with Crippen molar-refractivity contribution >= 4 is 51.4 Å². The first kappa shape index (κ1) is 57.8. The monoisotopic (exact) mass is 1130 g/mol. The summed E-state index contributed by atoms with van der Waals surface area (Å²) in [4.78, 5) is 86.3. The standard InChI is InChI=1S/C35H48N4O6.C29H38N4O4/c1-5-43-34(42)32(37-44-21-30(40)45-35(2,3)4)31-33(41)39(29-15-7-6-14-28(29)36-31)27-19-24-12-9-13-25(20-27)38(24)26-17-22-10-8-11-23(16-22)18-26;1-2-37-29(35)27(31-36)26-28(34)33(25-12-4-3-11-24(25)30-26)23-16-20-9-6-10-21(17-23)32(20)22-14-18-7-5-8-19(13-18)15-22/h6-7,14-15,22-27H,5,8-13,16-21H2,1-4H3;3-4,11-12,18-23,36H,2,5-10,13-17H2,1H3/b37-32-;31-27-/t22?,23?,24-,25+,26?,27?;18?,19?,20-,21+,22?,23?. The van der Waals surface area contributed by atoms with Crippen molar-refractivity contribution in [3.05, 3.63) is 80.6 Å². The molecule has 12 rings (SSSR count). The number of aromatic nitrogens is 4. The Balaban J connectivity index is 0.000000175. The summed E-state index contributed by atoms with van der Waals surface area (Å²) in [6, 6.07) is 18.2. The van der Waals surface area contributed by atoms with Gasteiger partial charge >= 0.3 is 17.9 Å². The summed E-state index contributed by atoms with van der Waals surface area (Å²) in [7, 11) is 0. The second-order valence-electron chi connectivity index (χ2n) is 26.1. The number of nitrogens with zero attached hydrogens (tertiary/aromatic N) is 8. The molecule has 4 saturated carbocycles. The third kappa shape index (κ3) is 12.3. The van der Waals surface area contributed by atoms with Gasteiger partial charge in [0.05, 0.1) is 35.3 Å². The van der Waals surface area contributed by atoms with Crippen LogP contribution in [0, 0.1) is 23.7 Å². The number of hydrogen-bond acceptors (Lipinski definition) is 16. The molecule has 8 aliphatic rings. The predicted molar refractivity (Wildman–Crippen MR) is 312 cm³/mol. The number of hydrogen-bond donors (Lipinski definition) is 1. The molecule has 4 saturated heterocycles. The molecule has 10 atom stereocenters. The summed E-state index contributed by atoms with van der Waals surface area (Å²) in [5.41, 5.74) is 0.151. The molecule has 442 valence electrons. The molecule has 18 nitrogen and oxygen atoms in total. The minimum atomic E-state index is -0.842. The minimum absolute atomic E-state index is 0.0101. The summed E-state index contributed by atoms with van der Waals surface area (Å²) in [6.07, 6.45) is 27.2. The summed E-state index contributed by atoms with van der Waals surface area (Å²) >= 11 is 0. The van der Waals surface area contributed by atoms with E-state index in [1.807, 2.05) is 57.7 Å². The van der Waals surface area contributed by atoms with Gasteiger partial charge in [-0.15, -0.1) is 0 Å². The number of para-hydroxylation sites is 4. The van der Waals surface area contributed by atoms with Crippen molar-refractivity contribution in [3.8, 4) is 0 Å². The maximum atomic E-state index is 14.4. The molecule has 4 aromatic rings. The third-order valence-electron chi connectivity index (χ3n) is 19.6. The smallest absolute Gasteiger partial charge is 0.362 e. The van der Waals surface area contributed by atoms with Gasteiger partial charge in [0, 0.05) is 48.3 Å². The Morgan fingerprint density at radius 1 is 0.537 bits per heavy atom. The van der Waals surface area contributed by atoms with Crippen molar-refractivity contribution in [3.63, 3.8) is 0 Å². The fraction of sp³-hybridized carbons (Fsp3) is 0.672. The van der Waals surface area contributed by atoms with Crippen molar-refractivity contribution in [1.29, 1.82) is 0 Å². The zero-order valence-electron chi connectivity index (χ0n) is 48.9. The average molecular weight is 1130 g/mol. The first-order chi connectivity index (χ1) is 39.7. The van der Waals surface area contributed by atoms with Gasteiger partial charge in [-0.1, -0.05) is 85.9 Å². The van der Waals surface area contributed by atoms with E-state index >= 15 is 0 Å². The molecule has 0 spiro atoms. The van der Waals surface area contributed by atoms with Gasteiger partial charge in [0.2, 0.25) is 18.0 Å². The maximum absolute atomic E-state index is 14.4. The number of ether oxygens (including phenoxy) is 3. The zero-order valence-corrected chi connectivity index (χ0v) is 48.9. The van der Waals surface area contributed by atoms with E-state index in [-0.39, 0.29) is 48.0 Å². The lowest BCUT2D eigenvalue weighted by Crippen LogP contribution is -2.58. The van der Waals surface area contributed by atoms with Crippen LogP contribution < -0.4 is 11.1 Å². The van der Waals surface area contributed by atoms with E-state index in [0.29, 0.717) is 47.3 Å². The molecular weight excluding hydrogens is 1040 g/mol. The third-order valence-corrected chi connectivity index (χ3v) is 19.6. The Bertz CT molecular complexity index is 3110. The first-order valence-corrected chi connectivity index (χ1v) is 31.2. The Morgan fingerprint density at radius 2 is 0.927 bits per heavy atom. The molecule has 2 aromatic heterocycles. The molecule has 82 heavy (non-hydrogen) atoms. The van der Waals surface area contributed by atoms with E-state index in [0.717, 1.165) is 73.2 Å². The molecule has 4 aliphatic carbocycles. The van der Waals surface area contributed by atoms with E-state index in [1.54, 1.807) is 34.6 Å². The first-order valence-electron chi connectivity index (χ1n) is 31.2. The number of carbonyl (C=O) groups is 3. The average Bonchev–Trinajstić information content (AvgIpc) is 2.60. The van der Waals surface area contributed by atoms with Gasteiger partial charge < -0.3 is 33.4 Å². The largest absolute Gasteiger partial charge is 0.461 e. The summed E-state index contributed by atoms with van der Waals surface area (Å²) in [5, 5.41) is 16.7. The van der Waals surface area contributed by atoms with Crippen LogP contribution in [0.1, 0.15) is 199 Å². The van der Waals surface area contributed by atoms with Crippen LogP contribution in [-0.4, -0.2) is 125 Å². The molecule has 4 aliphatic heterocycles. The molecule has 1 N–H and O–H groups in total. The van der Waals surface area contributed by atoms with Gasteiger partial charge in [-0.2, -0.15) is 0 Å². The minimum Gasteiger partial charge on any atom is -0.461 e. The molecule has 2 aromatic carbocycles. The highest BCUT2D eigenvalue weighted by atomic mass is 16.7. The van der Waals surface area contributed by atoms with Crippen LogP contribution in [0.3, 0.4) is 0 Å². The topological polar surface area (TPSA) is 209 Å². The molecule has 18 heteroatoms. The fourth-order valence-electron chi connectivity index (χ4n) is 16.9. The van der Waals surface area contributed by atoms with Crippen molar-refractivity contribution in [2.75, 3.05) is 19.8 Å². The van der Waals surface area contributed by atoms with Crippen molar-refractivity contribution in [2.45, 2.75) is 230 Å². The summed E-state index contributed by atoms with van der Waals surface area (Å²) in [6.45, 7) is 8.27. The number of fused-ring (bicyclic) bond motifs is 10. The van der Waals surface area contributed by atoms with Crippen LogP contribution in [-0.2, 0) is 33.4 Å². The second-order valence-corrected chi connectivity index (χ2v) is 26.1. The highest BCUT2D eigenvalue weighted by molar-refractivity contribution is 6.43. The van der Waals surface area contributed by atoms with Crippen LogP contribution in [0.15, 0.2) is 68.4 Å². The second kappa shape index (κ2) is 25.1.